The molecule has 5 rings (SSSR count). The molecule has 0 aliphatic carbocycles. The Morgan fingerprint density at radius 1 is 1.03 bits per heavy atom. The predicted octanol–water partition coefficient (Wildman–Crippen LogP) is 4.60. The van der Waals surface area contributed by atoms with E-state index in [1.54, 1.807) is 15.3 Å². The van der Waals surface area contributed by atoms with Gasteiger partial charge in [-0.3, -0.25) is 0 Å². The van der Waals surface area contributed by atoms with Crippen LogP contribution >= 0.6 is 0 Å². The van der Waals surface area contributed by atoms with E-state index in [0.29, 0.717) is 11.6 Å². The second-order valence-electron chi connectivity index (χ2n) is 7.37. The number of nitrogens with zero attached hydrogens (tertiary/aromatic N) is 6. The lowest BCUT2D eigenvalue weighted by atomic mass is 10.1. The van der Waals surface area contributed by atoms with Crippen molar-refractivity contribution in [1.29, 1.82) is 0 Å². The summed E-state index contributed by atoms with van der Waals surface area (Å²) < 4.78 is 17.2. The lowest BCUT2D eigenvalue weighted by Crippen LogP contribution is -2.08. The molecule has 0 aliphatic heterocycles. The van der Waals surface area contributed by atoms with Crippen LogP contribution in [0.4, 0.5) is 10.2 Å². The molecule has 0 spiro atoms. The van der Waals surface area contributed by atoms with Gasteiger partial charge >= 0.3 is 0 Å². The third-order valence-corrected chi connectivity index (χ3v) is 5.08. The van der Waals surface area contributed by atoms with Crippen molar-refractivity contribution in [1.82, 2.24) is 29.4 Å². The van der Waals surface area contributed by atoms with Crippen LogP contribution in [0.1, 0.15) is 24.2 Å². The minimum absolute atomic E-state index is 0.129. The molecule has 31 heavy (non-hydrogen) atoms. The fourth-order valence-corrected chi connectivity index (χ4v) is 3.53. The minimum Gasteiger partial charge on any atom is -0.362 e. The van der Waals surface area contributed by atoms with E-state index in [1.165, 1.54) is 18.5 Å². The van der Waals surface area contributed by atoms with Crippen molar-refractivity contribution in [3.05, 3.63) is 90.3 Å². The largest absolute Gasteiger partial charge is 0.362 e. The van der Waals surface area contributed by atoms with Gasteiger partial charge in [-0.2, -0.15) is 5.10 Å². The van der Waals surface area contributed by atoms with Gasteiger partial charge in [-0.1, -0.05) is 18.2 Å². The van der Waals surface area contributed by atoms with Crippen LogP contribution < -0.4 is 5.32 Å². The number of pyridine rings is 2. The number of benzene rings is 1. The van der Waals surface area contributed by atoms with E-state index >= 15 is 0 Å². The molecule has 0 saturated heterocycles. The molecular formula is C23H20FN7. The molecule has 0 saturated carbocycles. The normalized spacial score (nSPS) is 12.2. The highest BCUT2D eigenvalue weighted by molar-refractivity contribution is 5.66. The first-order valence-electron chi connectivity index (χ1n) is 9.93. The van der Waals surface area contributed by atoms with Crippen molar-refractivity contribution in [3.63, 3.8) is 0 Å². The van der Waals surface area contributed by atoms with Crippen LogP contribution in [0.3, 0.4) is 0 Å². The Hall–Kier alpha value is -4.07. The molecule has 0 radical (unpaired) electrons. The molecule has 7 nitrogen and oxygen atoms in total. The van der Waals surface area contributed by atoms with Gasteiger partial charge in [-0.25, -0.2) is 23.6 Å². The average Bonchev–Trinajstić information content (AvgIpc) is 3.40. The monoisotopic (exact) mass is 413 g/mol. The van der Waals surface area contributed by atoms with E-state index in [9.17, 15) is 4.39 Å². The van der Waals surface area contributed by atoms with Crippen LogP contribution in [0.2, 0.25) is 0 Å². The van der Waals surface area contributed by atoms with E-state index in [2.05, 4.69) is 20.4 Å². The fraction of sp³-hybridized carbons (Fsp3) is 0.130. The molecule has 0 bridgehead atoms. The van der Waals surface area contributed by atoms with Gasteiger partial charge in [0.1, 0.15) is 18.0 Å². The van der Waals surface area contributed by atoms with E-state index in [1.807, 2.05) is 62.5 Å². The Morgan fingerprint density at radius 2 is 1.90 bits per heavy atom. The Labute approximate surface area is 178 Å². The number of anilines is 1. The molecule has 1 unspecified atom stereocenters. The van der Waals surface area contributed by atoms with Crippen molar-refractivity contribution in [2.75, 3.05) is 5.32 Å². The molecule has 0 amide bonds. The molecule has 5 aromatic rings. The summed E-state index contributed by atoms with van der Waals surface area (Å²) in [7, 11) is 0. The third-order valence-electron chi connectivity index (χ3n) is 5.08. The second-order valence-corrected chi connectivity index (χ2v) is 7.37. The van der Waals surface area contributed by atoms with E-state index in [0.717, 1.165) is 28.2 Å². The zero-order valence-electron chi connectivity index (χ0n) is 17.1. The van der Waals surface area contributed by atoms with Crippen LogP contribution in [-0.4, -0.2) is 29.4 Å². The highest BCUT2D eigenvalue weighted by atomic mass is 19.1. The smallest absolute Gasteiger partial charge is 0.155 e. The predicted molar refractivity (Wildman–Crippen MR) is 117 cm³/mol. The number of aryl methyl sites for hydroxylation is 1. The van der Waals surface area contributed by atoms with Gasteiger partial charge in [-0.15, -0.1) is 5.10 Å². The summed E-state index contributed by atoms with van der Waals surface area (Å²) in [5, 5.41) is 12.4. The Balaban J connectivity index is 1.58. The molecule has 4 aromatic heterocycles. The van der Waals surface area contributed by atoms with Crippen molar-refractivity contribution in [3.8, 4) is 17.1 Å². The first kappa shape index (κ1) is 18.9. The maximum Gasteiger partial charge on any atom is 0.155 e. The van der Waals surface area contributed by atoms with Crippen LogP contribution in [-0.2, 0) is 0 Å². The third kappa shape index (κ3) is 3.75. The topological polar surface area (TPSA) is 72.9 Å². The van der Waals surface area contributed by atoms with Crippen LogP contribution in [0.25, 0.3) is 22.7 Å². The van der Waals surface area contributed by atoms with Gasteiger partial charge in [0.05, 0.1) is 11.7 Å². The van der Waals surface area contributed by atoms with E-state index in [-0.39, 0.29) is 11.9 Å². The lowest BCUT2D eigenvalue weighted by molar-refractivity contribution is 0.623. The van der Waals surface area contributed by atoms with Gasteiger partial charge < -0.3 is 5.32 Å². The Morgan fingerprint density at radius 3 is 2.74 bits per heavy atom. The first-order valence-corrected chi connectivity index (χ1v) is 9.93. The quantitative estimate of drug-likeness (QED) is 0.456. The summed E-state index contributed by atoms with van der Waals surface area (Å²) >= 11 is 0. The maximum atomic E-state index is 13.6. The summed E-state index contributed by atoms with van der Waals surface area (Å²) in [6.45, 7) is 3.92. The average molecular weight is 413 g/mol. The van der Waals surface area contributed by atoms with Crippen molar-refractivity contribution in [2.24, 2.45) is 0 Å². The first-order chi connectivity index (χ1) is 15.1. The van der Waals surface area contributed by atoms with Crippen LogP contribution in [0.5, 0.6) is 0 Å². The van der Waals surface area contributed by atoms with Crippen molar-refractivity contribution < 1.29 is 4.39 Å². The molecule has 0 aliphatic rings. The molecule has 0 fully saturated rings. The van der Waals surface area contributed by atoms with Crippen LogP contribution in [0, 0.1) is 12.7 Å². The number of hydrogen-bond acceptors (Lipinski definition) is 5. The zero-order chi connectivity index (χ0) is 21.4. The summed E-state index contributed by atoms with van der Waals surface area (Å²) in [5.41, 5.74) is 4.27. The summed E-state index contributed by atoms with van der Waals surface area (Å²) in [5.74, 6) is 1.11. The molecule has 4 heterocycles. The summed E-state index contributed by atoms with van der Waals surface area (Å²) in [6, 6.07) is 18.1. The highest BCUT2D eigenvalue weighted by Gasteiger charge is 2.16. The van der Waals surface area contributed by atoms with Gasteiger partial charge in [0.2, 0.25) is 0 Å². The summed E-state index contributed by atoms with van der Waals surface area (Å²) in [4.78, 5) is 8.84. The van der Waals surface area contributed by atoms with Crippen molar-refractivity contribution in [2.45, 2.75) is 19.9 Å². The second kappa shape index (κ2) is 7.64. The maximum absolute atomic E-state index is 13.6. The number of halogens is 1. The molecule has 8 heteroatoms. The Bertz CT molecular complexity index is 1370. The lowest BCUT2D eigenvalue weighted by Gasteiger charge is -2.13. The van der Waals surface area contributed by atoms with E-state index in [4.69, 9.17) is 5.10 Å². The minimum atomic E-state index is -0.262. The highest BCUT2D eigenvalue weighted by Crippen LogP contribution is 2.28. The molecular weight excluding hydrogens is 393 g/mol. The van der Waals surface area contributed by atoms with Gasteiger partial charge in [0.15, 0.2) is 11.5 Å². The number of hydrogen-bond donors (Lipinski definition) is 1. The Kier molecular flexibility index (Phi) is 4.66. The molecule has 154 valence electrons. The van der Waals surface area contributed by atoms with Gasteiger partial charge in [-0.05, 0) is 55.8 Å². The van der Waals surface area contributed by atoms with Gasteiger partial charge in [0.25, 0.3) is 0 Å². The fourth-order valence-electron chi connectivity index (χ4n) is 3.53. The number of rotatable bonds is 5. The molecule has 1 atom stereocenters. The molecule has 1 N–H and O–H groups in total. The SMILES string of the molecule is Cc1cccc(-n2nc(NC(C)c3cccc(F)c3)cc2-c2ccc3ncnn3c2)n1. The van der Waals surface area contributed by atoms with Crippen LogP contribution in [0.15, 0.2) is 73.2 Å². The number of aromatic nitrogens is 6. The van der Waals surface area contributed by atoms with Gasteiger partial charge in [0, 0.05) is 23.5 Å². The van der Waals surface area contributed by atoms with E-state index < -0.39 is 0 Å². The van der Waals surface area contributed by atoms with Crippen molar-refractivity contribution >= 4 is 11.5 Å². The number of fused-ring (bicyclic) bond motifs is 1. The molecule has 1 aromatic carbocycles. The summed E-state index contributed by atoms with van der Waals surface area (Å²) in [6.07, 6.45) is 3.43. The number of nitrogens with one attached hydrogen (secondary N) is 1. The standard InChI is InChI=1S/C23H20FN7/c1-15-5-3-8-23(27-15)31-20(18-9-10-22-25-14-26-30(22)13-18)12-21(29-31)28-16(2)17-6-4-7-19(24)11-17/h3-14,16H,1-2H3,(H,28,29). The zero-order valence-corrected chi connectivity index (χ0v) is 17.1.